The van der Waals surface area contributed by atoms with E-state index in [4.69, 9.17) is 11.6 Å². The van der Waals surface area contributed by atoms with Gasteiger partial charge < -0.3 is 15.5 Å². The van der Waals surface area contributed by atoms with Crippen molar-refractivity contribution in [1.29, 1.82) is 0 Å². The van der Waals surface area contributed by atoms with Gasteiger partial charge in [0, 0.05) is 24.2 Å². The molecule has 2 N–H and O–H groups in total. The summed E-state index contributed by atoms with van der Waals surface area (Å²) in [6.45, 7) is 1.62. The van der Waals surface area contributed by atoms with E-state index < -0.39 is 35.4 Å². The fraction of sp³-hybridized carbons (Fsp3) is 0.421. The van der Waals surface area contributed by atoms with Crippen LogP contribution in [0.4, 0.5) is 23.4 Å². The summed E-state index contributed by atoms with van der Waals surface area (Å²) in [7, 11) is 0. The minimum absolute atomic E-state index is 0.0328. The summed E-state index contributed by atoms with van der Waals surface area (Å²) in [5.74, 6) is -1.41. The summed E-state index contributed by atoms with van der Waals surface area (Å²) in [4.78, 5) is 22.0. The third-order valence-corrected chi connectivity index (χ3v) is 5.52. The number of alkyl halides is 3. The van der Waals surface area contributed by atoms with E-state index in [0.29, 0.717) is 11.3 Å². The molecular formula is C19H18ClF4N5O. The lowest BCUT2D eigenvalue weighted by atomic mass is 9.98. The van der Waals surface area contributed by atoms with E-state index in [0.717, 1.165) is 6.07 Å². The standard InChI is InChI=1S/C19H18ClF4N5O/c1-9(10-3-2-4-11(14(10)21)15(22)23)26-16-12-5-29(6-13(12)27-18(20)28-16)17(30)19(24)7-25-8-19/h2-4,9,15,25H,5-8H2,1H3,(H,26,27,28)/t9-/m1/s1. The van der Waals surface area contributed by atoms with Crippen molar-refractivity contribution in [3.63, 3.8) is 0 Å². The normalized spacial score (nSPS) is 18.2. The van der Waals surface area contributed by atoms with Gasteiger partial charge >= 0.3 is 0 Å². The quantitative estimate of drug-likeness (QED) is 0.546. The second kappa shape index (κ2) is 7.66. The molecule has 0 aliphatic carbocycles. The summed E-state index contributed by atoms with van der Waals surface area (Å²) in [6.07, 6.45) is -2.94. The number of carbonyl (C=O) groups is 1. The van der Waals surface area contributed by atoms with E-state index in [1.165, 1.54) is 17.0 Å². The zero-order valence-electron chi connectivity index (χ0n) is 15.9. The molecule has 1 amide bonds. The van der Waals surface area contributed by atoms with Crippen LogP contribution in [0.1, 0.15) is 41.8 Å². The third kappa shape index (κ3) is 3.58. The maximum absolute atomic E-state index is 14.5. The zero-order chi connectivity index (χ0) is 21.6. The van der Waals surface area contributed by atoms with Gasteiger partial charge in [-0.15, -0.1) is 0 Å². The number of hydrogen-bond acceptors (Lipinski definition) is 5. The number of rotatable bonds is 5. The molecule has 2 aliphatic heterocycles. The second-order valence-corrected chi connectivity index (χ2v) is 7.75. The predicted octanol–water partition coefficient (Wildman–Crippen LogP) is 3.53. The van der Waals surface area contributed by atoms with Crippen molar-refractivity contribution in [2.45, 2.75) is 38.1 Å². The predicted molar refractivity (Wildman–Crippen MR) is 101 cm³/mol. The molecule has 4 rings (SSSR count). The fourth-order valence-corrected chi connectivity index (χ4v) is 3.81. The van der Waals surface area contributed by atoms with Crippen LogP contribution in [0.3, 0.4) is 0 Å². The van der Waals surface area contributed by atoms with Crippen LogP contribution in [-0.4, -0.2) is 39.5 Å². The van der Waals surface area contributed by atoms with E-state index >= 15 is 0 Å². The van der Waals surface area contributed by atoms with Gasteiger partial charge in [-0.05, 0) is 18.5 Å². The average molecular weight is 444 g/mol. The molecule has 1 aromatic heterocycles. The Hall–Kier alpha value is -2.46. The number of nitrogens with zero attached hydrogens (tertiary/aromatic N) is 3. The number of aromatic nitrogens is 2. The van der Waals surface area contributed by atoms with Crippen molar-refractivity contribution in [2.24, 2.45) is 0 Å². The highest BCUT2D eigenvalue weighted by Gasteiger charge is 2.48. The van der Waals surface area contributed by atoms with Crippen LogP contribution in [0.2, 0.25) is 5.28 Å². The lowest BCUT2D eigenvalue weighted by Crippen LogP contribution is -2.64. The monoisotopic (exact) mass is 443 g/mol. The van der Waals surface area contributed by atoms with Gasteiger partial charge in [0.25, 0.3) is 12.3 Å². The lowest BCUT2D eigenvalue weighted by molar-refractivity contribution is -0.148. The number of hydrogen-bond donors (Lipinski definition) is 2. The average Bonchev–Trinajstić information content (AvgIpc) is 3.09. The van der Waals surface area contributed by atoms with E-state index in [1.807, 2.05) is 0 Å². The van der Waals surface area contributed by atoms with Gasteiger partial charge in [-0.25, -0.2) is 27.5 Å². The first-order chi connectivity index (χ1) is 14.2. The summed E-state index contributed by atoms with van der Waals surface area (Å²) >= 11 is 5.99. The van der Waals surface area contributed by atoms with Crippen molar-refractivity contribution in [3.05, 3.63) is 51.7 Å². The van der Waals surface area contributed by atoms with Crippen molar-refractivity contribution in [3.8, 4) is 0 Å². The second-order valence-electron chi connectivity index (χ2n) is 7.41. The van der Waals surface area contributed by atoms with Gasteiger partial charge in [0.1, 0.15) is 11.6 Å². The Bertz CT molecular complexity index is 1000. The first-order valence-electron chi connectivity index (χ1n) is 9.27. The number of halogens is 5. The molecule has 0 saturated carbocycles. The highest BCUT2D eigenvalue weighted by molar-refractivity contribution is 6.28. The molecule has 0 unspecified atom stereocenters. The Morgan fingerprint density at radius 2 is 1.97 bits per heavy atom. The molecule has 0 bridgehead atoms. The molecule has 30 heavy (non-hydrogen) atoms. The Morgan fingerprint density at radius 1 is 1.27 bits per heavy atom. The van der Waals surface area contributed by atoms with Crippen LogP contribution < -0.4 is 10.6 Å². The number of anilines is 1. The maximum Gasteiger partial charge on any atom is 0.266 e. The Kier molecular flexibility index (Phi) is 5.31. The van der Waals surface area contributed by atoms with Crippen molar-refractivity contribution in [2.75, 3.05) is 18.4 Å². The summed E-state index contributed by atoms with van der Waals surface area (Å²) in [5, 5.41) is 5.61. The van der Waals surface area contributed by atoms with Crippen LogP contribution in [-0.2, 0) is 17.9 Å². The highest BCUT2D eigenvalue weighted by Crippen LogP contribution is 2.34. The number of benzene rings is 1. The summed E-state index contributed by atoms with van der Waals surface area (Å²) < 4.78 is 55.0. The molecule has 0 spiro atoms. The molecule has 1 saturated heterocycles. The first kappa shape index (κ1) is 20.8. The molecule has 0 radical (unpaired) electrons. The molecule has 160 valence electrons. The highest BCUT2D eigenvalue weighted by atomic mass is 35.5. The van der Waals surface area contributed by atoms with Crippen LogP contribution in [0, 0.1) is 5.82 Å². The Balaban J connectivity index is 1.59. The Labute approximate surface area is 174 Å². The van der Waals surface area contributed by atoms with E-state index in [9.17, 15) is 22.4 Å². The van der Waals surface area contributed by atoms with Gasteiger partial charge in [0.2, 0.25) is 11.0 Å². The summed E-state index contributed by atoms with van der Waals surface area (Å²) in [6, 6.07) is 3.05. The zero-order valence-corrected chi connectivity index (χ0v) is 16.6. The number of nitrogens with one attached hydrogen (secondary N) is 2. The van der Waals surface area contributed by atoms with Crippen molar-refractivity contribution >= 4 is 23.3 Å². The Morgan fingerprint density at radius 3 is 2.60 bits per heavy atom. The van der Waals surface area contributed by atoms with Gasteiger partial charge in [-0.3, -0.25) is 4.79 Å². The molecule has 1 fully saturated rings. The SMILES string of the molecule is C[C@@H](Nc1nc(Cl)nc2c1CN(C(=O)C1(F)CNC1)C2)c1cccc(C(F)F)c1F. The van der Waals surface area contributed by atoms with Crippen LogP contribution >= 0.6 is 11.6 Å². The van der Waals surface area contributed by atoms with Crippen LogP contribution in [0.15, 0.2) is 18.2 Å². The fourth-order valence-electron chi connectivity index (χ4n) is 3.62. The molecule has 6 nitrogen and oxygen atoms in total. The number of amides is 1. The molecule has 3 heterocycles. The number of fused-ring (bicyclic) bond motifs is 1. The van der Waals surface area contributed by atoms with Gasteiger partial charge in [0.15, 0.2) is 0 Å². The largest absolute Gasteiger partial charge is 0.363 e. The van der Waals surface area contributed by atoms with Gasteiger partial charge in [0.05, 0.1) is 30.4 Å². The molecule has 11 heteroatoms. The molecule has 1 atom stereocenters. The lowest BCUT2D eigenvalue weighted by Gasteiger charge is -2.36. The maximum atomic E-state index is 14.5. The molecule has 1 aromatic carbocycles. The minimum Gasteiger partial charge on any atom is -0.363 e. The summed E-state index contributed by atoms with van der Waals surface area (Å²) in [5.41, 5.74) is -1.62. The third-order valence-electron chi connectivity index (χ3n) is 5.35. The van der Waals surface area contributed by atoms with Gasteiger partial charge in [-0.2, -0.15) is 0 Å². The molecular weight excluding hydrogens is 426 g/mol. The first-order valence-corrected chi connectivity index (χ1v) is 9.64. The number of carbonyl (C=O) groups excluding carboxylic acids is 1. The van der Waals surface area contributed by atoms with Gasteiger partial charge in [-0.1, -0.05) is 18.2 Å². The van der Waals surface area contributed by atoms with Crippen LogP contribution in [0.5, 0.6) is 0 Å². The van der Waals surface area contributed by atoms with Crippen molar-refractivity contribution < 1.29 is 22.4 Å². The molecule has 2 aromatic rings. The van der Waals surface area contributed by atoms with Crippen molar-refractivity contribution in [1.82, 2.24) is 20.2 Å². The van der Waals surface area contributed by atoms with E-state index in [-0.39, 0.29) is 42.8 Å². The van der Waals surface area contributed by atoms with E-state index in [2.05, 4.69) is 20.6 Å². The minimum atomic E-state index is -2.94. The van der Waals surface area contributed by atoms with Crippen LogP contribution in [0.25, 0.3) is 0 Å². The van der Waals surface area contributed by atoms with E-state index in [1.54, 1.807) is 6.92 Å². The smallest absolute Gasteiger partial charge is 0.266 e. The topological polar surface area (TPSA) is 70.2 Å². The molecule has 2 aliphatic rings.